The predicted molar refractivity (Wildman–Crippen MR) is 45.5 cm³/mol. The van der Waals surface area contributed by atoms with Crippen molar-refractivity contribution in [3.63, 3.8) is 0 Å². The average molecular weight is 262 g/mol. The first-order valence-corrected chi connectivity index (χ1v) is 4.89. The van der Waals surface area contributed by atoms with Gasteiger partial charge in [0.25, 0.3) is 0 Å². The van der Waals surface area contributed by atoms with Crippen LogP contribution in [-0.2, 0) is 14.3 Å². The first-order valence-electron chi connectivity index (χ1n) is 4.89. The van der Waals surface area contributed by atoms with Crippen LogP contribution in [0.3, 0.4) is 0 Å². The van der Waals surface area contributed by atoms with Crippen molar-refractivity contribution < 1.29 is 36.2 Å². The number of hydrogen-bond donors (Lipinski definition) is 0. The summed E-state index contributed by atoms with van der Waals surface area (Å²) in [5.74, 6) is -8.14. The van der Waals surface area contributed by atoms with Crippen LogP contribution in [0, 0.1) is 5.92 Å². The molecule has 1 rings (SSSR count). The molecule has 1 aliphatic heterocycles. The zero-order chi connectivity index (χ0) is 13.4. The number of halogens is 5. The molecule has 0 radical (unpaired) electrons. The zero-order valence-corrected chi connectivity index (χ0v) is 9.05. The monoisotopic (exact) mass is 262 g/mol. The second kappa shape index (κ2) is 4.40. The van der Waals surface area contributed by atoms with Crippen LogP contribution in [-0.4, -0.2) is 36.9 Å². The highest BCUT2D eigenvalue weighted by Gasteiger charge is 2.71. The Morgan fingerprint density at radius 1 is 1.41 bits per heavy atom. The summed E-state index contributed by atoms with van der Waals surface area (Å²) in [6.07, 6.45) is -9.67. The molecular weight excluding hydrogens is 251 g/mol. The predicted octanol–water partition coefficient (Wildman–Crippen LogP) is 2.15. The molecule has 0 bridgehead atoms. The van der Waals surface area contributed by atoms with E-state index in [-0.39, 0.29) is 6.61 Å². The van der Waals surface area contributed by atoms with Gasteiger partial charge < -0.3 is 9.47 Å². The molecule has 1 aliphatic rings. The van der Waals surface area contributed by atoms with Gasteiger partial charge in [-0.15, -0.1) is 0 Å². The molecule has 8 heteroatoms. The van der Waals surface area contributed by atoms with Crippen molar-refractivity contribution >= 4 is 5.97 Å². The van der Waals surface area contributed by atoms with Gasteiger partial charge in [-0.25, -0.2) is 9.18 Å². The van der Waals surface area contributed by atoms with Crippen LogP contribution in [0.25, 0.3) is 0 Å². The molecule has 1 saturated heterocycles. The van der Waals surface area contributed by atoms with Gasteiger partial charge in [0, 0.05) is 0 Å². The molecule has 0 spiro atoms. The van der Waals surface area contributed by atoms with E-state index in [1.165, 1.54) is 6.92 Å². The SMILES string of the molecule is CCOC(=O)C(F)C1OC(F)(F)C(F)(F)C1C. The maximum absolute atomic E-state index is 13.4. The lowest BCUT2D eigenvalue weighted by atomic mass is 9.96. The Kier molecular flexibility index (Phi) is 3.66. The molecule has 0 N–H and O–H groups in total. The van der Waals surface area contributed by atoms with Crippen LogP contribution in [0.2, 0.25) is 0 Å². The second-order valence-corrected chi connectivity index (χ2v) is 3.66. The molecule has 0 aromatic heterocycles. The topological polar surface area (TPSA) is 35.5 Å². The molecule has 1 heterocycles. The smallest absolute Gasteiger partial charge is 0.420 e. The van der Waals surface area contributed by atoms with Gasteiger partial charge in [0.1, 0.15) is 6.10 Å². The maximum atomic E-state index is 13.4. The summed E-state index contributed by atoms with van der Waals surface area (Å²) in [5, 5.41) is 0. The normalized spacial score (nSPS) is 32.2. The van der Waals surface area contributed by atoms with Crippen molar-refractivity contribution in [3.05, 3.63) is 0 Å². The highest BCUT2D eigenvalue weighted by atomic mass is 19.3. The zero-order valence-electron chi connectivity index (χ0n) is 9.05. The van der Waals surface area contributed by atoms with E-state index in [0.29, 0.717) is 6.92 Å². The van der Waals surface area contributed by atoms with Gasteiger partial charge in [-0.1, -0.05) is 6.92 Å². The average Bonchev–Trinajstić information content (AvgIpc) is 2.38. The lowest BCUT2D eigenvalue weighted by Gasteiger charge is -2.19. The van der Waals surface area contributed by atoms with Gasteiger partial charge in [0.05, 0.1) is 12.5 Å². The van der Waals surface area contributed by atoms with Crippen LogP contribution < -0.4 is 0 Å². The van der Waals surface area contributed by atoms with E-state index in [1.54, 1.807) is 0 Å². The molecule has 0 aliphatic carbocycles. The molecule has 100 valence electrons. The maximum Gasteiger partial charge on any atom is 0.420 e. The Bertz CT molecular complexity index is 307. The van der Waals surface area contributed by atoms with Crippen LogP contribution in [0.5, 0.6) is 0 Å². The number of alkyl halides is 5. The van der Waals surface area contributed by atoms with E-state index in [1.807, 2.05) is 0 Å². The van der Waals surface area contributed by atoms with Gasteiger partial charge in [0.2, 0.25) is 6.17 Å². The summed E-state index contributed by atoms with van der Waals surface area (Å²) >= 11 is 0. The molecule has 0 saturated carbocycles. The summed E-state index contributed by atoms with van der Waals surface area (Å²) in [4.78, 5) is 10.9. The van der Waals surface area contributed by atoms with Crippen LogP contribution in [0.15, 0.2) is 0 Å². The van der Waals surface area contributed by atoms with E-state index in [0.717, 1.165) is 0 Å². The molecule has 3 unspecified atom stereocenters. The van der Waals surface area contributed by atoms with E-state index in [2.05, 4.69) is 9.47 Å². The fourth-order valence-electron chi connectivity index (χ4n) is 1.49. The van der Waals surface area contributed by atoms with Crippen molar-refractivity contribution in [1.29, 1.82) is 0 Å². The fraction of sp³-hybridized carbons (Fsp3) is 0.889. The van der Waals surface area contributed by atoms with E-state index in [4.69, 9.17) is 0 Å². The van der Waals surface area contributed by atoms with Crippen molar-refractivity contribution in [2.45, 2.75) is 38.2 Å². The van der Waals surface area contributed by atoms with Crippen LogP contribution >= 0.6 is 0 Å². The minimum absolute atomic E-state index is 0.187. The van der Waals surface area contributed by atoms with Crippen molar-refractivity contribution in [1.82, 2.24) is 0 Å². The van der Waals surface area contributed by atoms with Crippen molar-refractivity contribution in [2.24, 2.45) is 5.92 Å². The third kappa shape index (κ3) is 2.22. The highest BCUT2D eigenvalue weighted by molar-refractivity contribution is 5.75. The Morgan fingerprint density at radius 3 is 2.29 bits per heavy atom. The molecule has 0 amide bonds. The lowest BCUT2D eigenvalue weighted by Crippen LogP contribution is -2.40. The van der Waals surface area contributed by atoms with Gasteiger partial charge >= 0.3 is 18.0 Å². The van der Waals surface area contributed by atoms with Crippen LogP contribution in [0.4, 0.5) is 22.0 Å². The minimum atomic E-state index is -4.78. The first-order chi connectivity index (χ1) is 7.65. The molecule has 17 heavy (non-hydrogen) atoms. The summed E-state index contributed by atoms with van der Waals surface area (Å²) in [6.45, 7) is 1.87. The Labute approximate surface area is 93.9 Å². The molecule has 1 fully saturated rings. The fourth-order valence-corrected chi connectivity index (χ4v) is 1.49. The minimum Gasteiger partial charge on any atom is -0.464 e. The molecule has 0 aromatic rings. The van der Waals surface area contributed by atoms with Crippen molar-refractivity contribution in [2.75, 3.05) is 6.61 Å². The lowest BCUT2D eigenvalue weighted by molar-refractivity contribution is -0.314. The largest absolute Gasteiger partial charge is 0.464 e. The molecule has 3 atom stereocenters. The third-order valence-corrected chi connectivity index (χ3v) is 2.54. The second-order valence-electron chi connectivity index (χ2n) is 3.66. The number of esters is 1. The summed E-state index contributed by atoms with van der Waals surface area (Å²) in [7, 11) is 0. The van der Waals surface area contributed by atoms with Gasteiger partial charge in [-0.05, 0) is 6.92 Å². The van der Waals surface area contributed by atoms with Crippen molar-refractivity contribution in [3.8, 4) is 0 Å². The van der Waals surface area contributed by atoms with E-state index >= 15 is 0 Å². The standard InChI is InChI=1S/C9H11F5O3/c1-3-16-7(15)5(10)6-4(2)8(11,12)9(13,14)17-6/h4-6H,3H2,1-2H3. The summed E-state index contributed by atoms with van der Waals surface area (Å²) < 4.78 is 72.7. The highest BCUT2D eigenvalue weighted by Crippen LogP contribution is 2.51. The van der Waals surface area contributed by atoms with Gasteiger partial charge in [-0.3, -0.25) is 0 Å². The Morgan fingerprint density at radius 2 is 1.94 bits per heavy atom. The summed E-state index contributed by atoms with van der Waals surface area (Å²) in [5.41, 5.74) is 0. The number of rotatable bonds is 3. The Hall–Kier alpha value is -0.920. The van der Waals surface area contributed by atoms with Gasteiger partial charge in [-0.2, -0.15) is 17.6 Å². The van der Waals surface area contributed by atoms with E-state index in [9.17, 15) is 26.7 Å². The third-order valence-electron chi connectivity index (χ3n) is 2.54. The van der Waals surface area contributed by atoms with E-state index < -0.39 is 36.2 Å². The number of carbonyl (C=O) groups is 1. The molecule has 0 aromatic carbocycles. The molecular formula is C9H11F5O3. The molecule has 3 nitrogen and oxygen atoms in total. The quantitative estimate of drug-likeness (QED) is 0.577. The number of carbonyl (C=O) groups excluding carboxylic acids is 1. The van der Waals surface area contributed by atoms with Gasteiger partial charge in [0.15, 0.2) is 0 Å². The van der Waals surface area contributed by atoms with Crippen LogP contribution in [0.1, 0.15) is 13.8 Å². The Balaban J connectivity index is 2.85. The first kappa shape index (κ1) is 14.1. The number of hydrogen-bond acceptors (Lipinski definition) is 3. The number of ether oxygens (including phenoxy) is 2. The summed E-state index contributed by atoms with van der Waals surface area (Å²) in [6, 6.07) is 0.